The minimum absolute atomic E-state index is 0.226. The predicted octanol–water partition coefficient (Wildman–Crippen LogP) is -0.854. The van der Waals surface area contributed by atoms with Gasteiger partial charge < -0.3 is 14.3 Å². The van der Waals surface area contributed by atoms with E-state index in [0.29, 0.717) is 6.29 Å². The number of ether oxygens (including phenoxy) is 2. The van der Waals surface area contributed by atoms with E-state index in [2.05, 4.69) is 9.47 Å². The molecule has 66 valence electrons. The Kier molecular flexibility index (Phi) is 2.42. The Morgan fingerprint density at radius 2 is 2.08 bits per heavy atom. The Balaban J connectivity index is 2.51. The van der Waals surface area contributed by atoms with E-state index in [1.54, 1.807) is 0 Å². The van der Waals surface area contributed by atoms with Crippen molar-refractivity contribution in [2.75, 3.05) is 7.11 Å². The molecule has 1 fully saturated rings. The molecule has 0 aromatic carbocycles. The number of hydrogen-bond acceptors (Lipinski definition) is 5. The van der Waals surface area contributed by atoms with Gasteiger partial charge in [-0.15, -0.1) is 0 Å². The molecule has 0 saturated heterocycles. The second-order valence-corrected chi connectivity index (χ2v) is 2.46. The molecule has 0 aliphatic heterocycles. The summed E-state index contributed by atoms with van der Waals surface area (Å²) in [6.07, 6.45) is -0.0251. The van der Waals surface area contributed by atoms with Gasteiger partial charge in [-0.05, 0) is 0 Å². The summed E-state index contributed by atoms with van der Waals surface area (Å²) in [6.45, 7) is 0.226. The van der Waals surface area contributed by atoms with Crippen LogP contribution in [0.5, 0.6) is 0 Å². The number of carbonyl (C=O) groups excluding carboxylic acids is 3. The Hall–Kier alpha value is -1.39. The predicted molar refractivity (Wildman–Crippen MR) is 36.0 cm³/mol. The molecule has 0 aromatic rings. The van der Waals surface area contributed by atoms with Crippen molar-refractivity contribution in [3.63, 3.8) is 0 Å². The molecule has 0 amide bonds. The summed E-state index contributed by atoms with van der Waals surface area (Å²) in [4.78, 5) is 31.0. The third-order valence-corrected chi connectivity index (χ3v) is 1.85. The lowest BCUT2D eigenvalue weighted by atomic mass is 10.3. The average molecular weight is 172 g/mol. The van der Waals surface area contributed by atoms with Gasteiger partial charge in [0.1, 0.15) is 18.3 Å². The van der Waals surface area contributed by atoms with E-state index < -0.39 is 23.9 Å². The SMILES string of the molecule is COC(=O)[C@@H]1[C@@H](C=O)[C@H]1OC=O. The first-order valence-electron chi connectivity index (χ1n) is 3.38. The van der Waals surface area contributed by atoms with Crippen molar-refractivity contribution in [1.29, 1.82) is 0 Å². The maximum Gasteiger partial charge on any atom is 0.313 e. The summed E-state index contributed by atoms with van der Waals surface area (Å²) in [5, 5.41) is 0. The van der Waals surface area contributed by atoms with Gasteiger partial charge in [-0.25, -0.2) is 0 Å². The highest BCUT2D eigenvalue weighted by atomic mass is 16.6. The van der Waals surface area contributed by atoms with Crippen LogP contribution in [0.4, 0.5) is 0 Å². The van der Waals surface area contributed by atoms with Crippen LogP contribution in [0.3, 0.4) is 0 Å². The molecule has 1 aliphatic carbocycles. The molecule has 5 nitrogen and oxygen atoms in total. The minimum Gasteiger partial charge on any atom is -0.469 e. The highest BCUT2D eigenvalue weighted by Gasteiger charge is 2.58. The fraction of sp³-hybridized carbons (Fsp3) is 0.571. The van der Waals surface area contributed by atoms with Crippen molar-refractivity contribution in [3.05, 3.63) is 0 Å². The zero-order chi connectivity index (χ0) is 9.14. The number of esters is 1. The van der Waals surface area contributed by atoms with Crippen molar-refractivity contribution in [1.82, 2.24) is 0 Å². The van der Waals surface area contributed by atoms with E-state index in [9.17, 15) is 14.4 Å². The zero-order valence-corrected chi connectivity index (χ0v) is 6.43. The smallest absolute Gasteiger partial charge is 0.313 e. The van der Waals surface area contributed by atoms with Crippen LogP contribution in [0.25, 0.3) is 0 Å². The van der Waals surface area contributed by atoms with Gasteiger partial charge in [0, 0.05) is 0 Å². The molecule has 5 heteroatoms. The van der Waals surface area contributed by atoms with E-state index in [-0.39, 0.29) is 6.47 Å². The van der Waals surface area contributed by atoms with Crippen molar-refractivity contribution in [2.45, 2.75) is 6.10 Å². The van der Waals surface area contributed by atoms with Gasteiger partial charge in [0.2, 0.25) is 0 Å². The first kappa shape index (κ1) is 8.70. The fourth-order valence-electron chi connectivity index (χ4n) is 1.13. The molecule has 0 bridgehead atoms. The van der Waals surface area contributed by atoms with E-state index in [1.165, 1.54) is 7.11 Å². The standard InChI is InChI=1S/C7H8O5/c1-11-7(10)5-4(2-8)6(5)12-3-9/h2-6H,1H3/t4-,5-,6-/m1/s1. The quantitative estimate of drug-likeness (QED) is 0.408. The van der Waals surface area contributed by atoms with E-state index >= 15 is 0 Å². The maximum atomic E-state index is 10.9. The van der Waals surface area contributed by atoms with Crippen LogP contribution in [-0.4, -0.2) is 31.9 Å². The number of hydrogen-bond donors (Lipinski definition) is 0. The van der Waals surface area contributed by atoms with Crippen molar-refractivity contribution in [2.24, 2.45) is 11.8 Å². The Labute approximate surface area is 68.6 Å². The van der Waals surface area contributed by atoms with Gasteiger partial charge in [-0.2, -0.15) is 0 Å². The van der Waals surface area contributed by atoms with Gasteiger partial charge in [0.25, 0.3) is 6.47 Å². The fourth-order valence-corrected chi connectivity index (χ4v) is 1.13. The summed E-state index contributed by atoms with van der Waals surface area (Å²) >= 11 is 0. The first-order chi connectivity index (χ1) is 5.76. The summed E-state index contributed by atoms with van der Waals surface area (Å²) < 4.78 is 8.87. The van der Waals surface area contributed by atoms with E-state index in [0.717, 1.165) is 0 Å². The second kappa shape index (κ2) is 3.34. The van der Waals surface area contributed by atoms with E-state index in [4.69, 9.17) is 0 Å². The van der Waals surface area contributed by atoms with Crippen molar-refractivity contribution >= 4 is 18.7 Å². The van der Waals surface area contributed by atoms with Crippen LogP contribution in [0, 0.1) is 11.8 Å². The molecule has 0 spiro atoms. The molecule has 0 aromatic heterocycles. The molecule has 0 N–H and O–H groups in total. The third-order valence-electron chi connectivity index (χ3n) is 1.85. The van der Waals surface area contributed by atoms with Crippen molar-refractivity contribution in [3.8, 4) is 0 Å². The van der Waals surface area contributed by atoms with Gasteiger partial charge in [0.05, 0.1) is 13.0 Å². The minimum atomic E-state index is -0.618. The lowest BCUT2D eigenvalue weighted by Gasteiger charge is -1.94. The zero-order valence-electron chi connectivity index (χ0n) is 6.43. The summed E-state index contributed by atoms with van der Waals surface area (Å²) in [7, 11) is 1.22. The molecule has 12 heavy (non-hydrogen) atoms. The summed E-state index contributed by atoms with van der Waals surface area (Å²) in [6, 6.07) is 0. The maximum absolute atomic E-state index is 10.9. The second-order valence-electron chi connectivity index (χ2n) is 2.46. The monoisotopic (exact) mass is 172 g/mol. The first-order valence-corrected chi connectivity index (χ1v) is 3.38. The van der Waals surface area contributed by atoms with Crippen LogP contribution in [0.1, 0.15) is 0 Å². The average Bonchev–Trinajstić information content (AvgIpc) is 2.78. The molecule has 1 rings (SSSR count). The Morgan fingerprint density at radius 3 is 2.50 bits per heavy atom. The van der Waals surface area contributed by atoms with Crippen LogP contribution in [0.2, 0.25) is 0 Å². The largest absolute Gasteiger partial charge is 0.469 e. The number of methoxy groups -OCH3 is 1. The topological polar surface area (TPSA) is 69.7 Å². The van der Waals surface area contributed by atoms with Crippen LogP contribution in [0.15, 0.2) is 0 Å². The molecule has 0 radical (unpaired) electrons. The molecule has 1 saturated carbocycles. The van der Waals surface area contributed by atoms with Gasteiger partial charge in [-0.1, -0.05) is 0 Å². The number of rotatable bonds is 4. The highest BCUT2D eigenvalue weighted by Crippen LogP contribution is 2.40. The van der Waals surface area contributed by atoms with Gasteiger partial charge in [0.15, 0.2) is 0 Å². The molecular weight excluding hydrogens is 164 g/mol. The van der Waals surface area contributed by atoms with Gasteiger partial charge in [-0.3, -0.25) is 9.59 Å². The summed E-state index contributed by atoms with van der Waals surface area (Å²) in [5.74, 6) is -1.64. The third kappa shape index (κ3) is 1.30. The highest BCUT2D eigenvalue weighted by molar-refractivity contribution is 5.83. The Bertz CT molecular complexity index is 212. The summed E-state index contributed by atoms with van der Waals surface area (Å²) in [5.41, 5.74) is 0. The van der Waals surface area contributed by atoms with Crippen molar-refractivity contribution < 1.29 is 23.9 Å². The van der Waals surface area contributed by atoms with Gasteiger partial charge >= 0.3 is 5.97 Å². The molecular formula is C7H8O5. The Morgan fingerprint density at radius 1 is 1.42 bits per heavy atom. The van der Waals surface area contributed by atoms with Crippen LogP contribution in [-0.2, 0) is 23.9 Å². The molecule has 0 unspecified atom stereocenters. The lowest BCUT2D eigenvalue weighted by Crippen LogP contribution is -2.07. The normalized spacial score (nSPS) is 31.9. The number of carbonyl (C=O) groups is 3. The molecule has 0 heterocycles. The number of aldehydes is 1. The molecule has 3 atom stereocenters. The van der Waals surface area contributed by atoms with Crippen LogP contribution >= 0.6 is 0 Å². The van der Waals surface area contributed by atoms with Crippen LogP contribution < -0.4 is 0 Å². The lowest BCUT2D eigenvalue weighted by molar-refractivity contribution is -0.144. The molecule has 1 aliphatic rings. The van der Waals surface area contributed by atoms with E-state index in [1.807, 2.05) is 0 Å².